The van der Waals surface area contributed by atoms with Gasteiger partial charge < -0.3 is 19.6 Å². The van der Waals surface area contributed by atoms with Gasteiger partial charge in [0.1, 0.15) is 34.9 Å². The van der Waals surface area contributed by atoms with Crippen LogP contribution in [0.5, 0.6) is 5.75 Å². The maximum absolute atomic E-state index is 14.2. The normalized spacial score (nSPS) is 21.0. The molecule has 0 saturated carbocycles. The lowest BCUT2D eigenvalue weighted by molar-refractivity contribution is -0.424. The highest BCUT2D eigenvalue weighted by atomic mass is 19.1. The van der Waals surface area contributed by atoms with Crippen LogP contribution in [0.3, 0.4) is 0 Å². The van der Waals surface area contributed by atoms with Gasteiger partial charge in [-0.2, -0.15) is 0 Å². The minimum absolute atomic E-state index is 0.107. The minimum atomic E-state index is -1.66. The molecule has 172 valence electrons. The number of anilines is 1. The number of halogens is 1. The molecule has 9 heteroatoms. The summed E-state index contributed by atoms with van der Waals surface area (Å²) in [6.45, 7) is 3.25. The van der Waals surface area contributed by atoms with Gasteiger partial charge in [0.05, 0.1) is 36.2 Å². The van der Waals surface area contributed by atoms with Crippen LogP contribution in [0, 0.1) is 5.92 Å². The zero-order chi connectivity index (χ0) is 23.6. The van der Waals surface area contributed by atoms with E-state index in [-0.39, 0.29) is 23.4 Å². The Kier molecular flexibility index (Phi) is 6.33. The standard InChI is InChI=1S/C24H25FN4O4/c1-24(2,25)22-6-4-5-18(26-22)23(31)27-20-9-16-12-29(28-19(16)10-21(20)32-3)11-15-7-8-17(13-30)33-14-15/h4-6,9-13,15,17H,7-8,14H2,1-3H3/p+1/b29-11+/t15?,17-/m1/s1. The third kappa shape index (κ3) is 5.14. The molecule has 0 bridgehead atoms. The fourth-order valence-electron chi connectivity index (χ4n) is 3.73. The van der Waals surface area contributed by atoms with Crippen LogP contribution in [0.2, 0.25) is 0 Å². The van der Waals surface area contributed by atoms with Crippen molar-refractivity contribution in [1.82, 2.24) is 4.98 Å². The van der Waals surface area contributed by atoms with E-state index in [1.165, 1.54) is 27.0 Å². The number of alkyl halides is 1. The number of aldehydes is 1. The van der Waals surface area contributed by atoms with E-state index in [0.29, 0.717) is 29.8 Å². The Balaban J connectivity index is 1.57. The summed E-state index contributed by atoms with van der Waals surface area (Å²) in [5, 5.41) is 8.86. The van der Waals surface area contributed by atoms with Crippen molar-refractivity contribution in [2.75, 3.05) is 19.0 Å². The summed E-state index contributed by atoms with van der Waals surface area (Å²) < 4.78 is 26.9. The monoisotopic (exact) mass is 453 g/mol. The topological polar surface area (TPSA) is 92.9 Å². The summed E-state index contributed by atoms with van der Waals surface area (Å²) >= 11 is 0. The Hall–Kier alpha value is -3.46. The number of amides is 1. The van der Waals surface area contributed by atoms with Gasteiger partial charge in [0.2, 0.25) is 6.20 Å². The number of rotatable bonds is 6. The molecule has 2 aliphatic rings. The van der Waals surface area contributed by atoms with Crippen LogP contribution in [0.25, 0.3) is 6.20 Å². The number of nitrogens with zero attached hydrogens (tertiary/aromatic N) is 3. The Morgan fingerprint density at radius 3 is 2.82 bits per heavy atom. The van der Waals surface area contributed by atoms with Crippen LogP contribution in [0.15, 0.2) is 35.4 Å². The van der Waals surface area contributed by atoms with Crippen LogP contribution >= 0.6 is 0 Å². The number of aromatic nitrogens is 1. The molecular weight excluding hydrogens is 427 g/mol. The molecule has 1 aromatic carbocycles. The Morgan fingerprint density at radius 2 is 2.15 bits per heavy atom. The number of carbonyl (C=O) groups excluding carboxylic acids is 2. The molecule has 2 aliphatic heterocycles. The van der Waals surface area contributed by atoms with Crippen LogP contribution < -0.4 is 20.6 Å². The lowest BCUT2D eigenvalue weighted by atomic mass is 10.0. The van der Waals surface area contributed by atoms with Gasteiger partial charge in [0, 0.05) is 11.2 Å². The summed E-state index contributed by atoms with van der Waals surface area (Å²) in [7, 11) is 1.51. The molecule has 1 fully saturated rings. The Bertz CT molecular complexity index is 1230. The van der Waals surface area contributed by atoms with Crippen LogP contribution in [0.4, 0.5) is 10.1 Å². The van der Waals surface area contributed by atoms with E-state index < -0.39 is 11.6 Å². The SMILES string of the molecule is COc1cc2c(cc1NC(=O)c1cccc(C(C)(C)F)n1)=C/[N+](=C\C1CC[C@H](C=O)OC1)N=2. The lowest BCUT2D eigenvalue weighted by Gasteiger charge is -2.21. The van der Waals surface area contributed by atoms with Gasteiger partial charge in [-0.25, -0.2) is 9.37 Å². The van der Waals surface area contributed by atoms with Gasteiger partial charge in [-0.1, -0.05) is 10.8 Å². The second-order valence-corrected chi connectivity index (χ2v) is 8.55. The molecule has 2 atom stereocenters. The molecular formula is C24H26FN4O4+. The molecule has 2 aromatic rings. The maximum Gasteiger partial charge on any atom is 0.274 e. The predicted molar refractivity (Wildman–Crippen MR) is 119 cm³/mol. The lowest BCUT2D eigenvalue weighted by Crippen LogP contribution is -2.28. The van der Waals surface area contributed by atoms with Gasteiger partial charge in [0.25, 0.3) is 5.91 Å². The molecule has 1 aromatic heterocycles. The Labute approximate surface area is 190 Å². The number of methoxy groups -OCH3 is 1. The summed E-state index contributed by atoms with van der Waals surface area (Å²) in [6, 6.07) is 8.19. The molecule has 8 nitrogen and oxygen atoms in total. The minimum Gasteiger partial charge on any atom is -0.494 e. The van der Waals surface area contributed by atoms with E-state index >= 15 is 0 Å². The highest BCUT2D eigenvalue weighted by Gasteiger charge is 2.25. The quantitative estimate of drug-likeness (QED) is 0.533. The smallest absolute Gasteiger partial charge is 0.274 e. The Morgan fingerprint density at radius 1 is 1.33 bits per heavy atom. The summed E-state index contributed by atoms with van der Waals surface area (Å²) in [4.78, 5) is 27.8. The van der Waals surface area contributed by atoms with Crippen molar-refractivity contribution in [2.45, 2.75) is 38.5 Å². The van der Waals surface area contributed by atoms with Crippen LogP contribution in [-0.2, 0) is 15.2 Å². The summed E-state index contributed by atoms with van der Waals surface area (Å²) in [6.07, 6.45) is 5.84. The zero-order valence-corrected chi connectivity index (χ0v) is 18.7. The molecule has 0 aliphatic carbocycles. The van der Waals surface area contributed by atoms with Crippen molar-refractivity contribution in [2.24, 2.45) is 11.0 Å². The average Bonchev–Trinajstić information content (AvgIpc) is 3.19. The van der Waals surface area contributed by atoms with Crippen molar-refractivity contribution < 1.29 is 28.1 Å². The second kappa shape index (κ2) is 9.19. The third-order valence-electron chi connectivity index (χ3n) is 5.54. The number of ether oxygens (including phenoxy) is 2. The van der Waals surface area contributed by atoms with Crippen LogP contribution in [-0.4, -0.2) is 47.9 Å². The molecule has 1 unspecified atom stereocenters. The molecule has 33 heavy (non-hydrogen) atoms. The molecule has 0 radical (unpaired) electrons. The number of nitrogens with one attached hydrogen (secondary N) is 1. The first kappa shape index (κ1) is 22.7. The van der Waals surface area contributed by atoms with Gasteiger partial charge >= 0.3 is 0 Å². The first-order chi connectivity index (χ1) is 15.8. The highest BCUT2D eigenvalue weighted by Crippen LogP contribution is 2.24. The van der Waals surface area contributed by atoms with E-state index in [2.05, 4.69) is 15.4 Å². The molecule has 1 saturated heterocycles. The van der Waals surface area contributed by atoms with Gasteiger partial charge in [-0.05, 0) is 44.9 Å². The zero-order valence-electron chi connectivity index (χ0n) is 18.7. The largest absolute Gasteiger partial charge is 0.494 e. The molecule has 4 rings (SSSR count). The molecule has 0 spiro atoms. The van der Waals surface area contributed by atoms with E-state index in [1.54, 1.807) is 28.9 Å². The number of benzene rings is 1. The summed E-state index contributed by atoms with van der Waals surface area (Å²) in [5.41, 5.74) is -0.915. The second-order valence-electron chi connectivity index (χ2n) is 8.55. The van der Waals surface area contributed by atoms with E-state index in [1.807, 2.05) is 12.4 Å². The van der Waals surface area contributed by atoms with Crippen LogP contribution in [0.1, 0.15) is 42.9 Å². The van der Waals surface area contributed by atoms with E-state index in [9.17, 15) is 14.0 Å². The molecule has 1 N–H and O–H groups in total. The predicted octanol–water partition coefficient (Wildman–Crippen LogP) is 1.91. The third-order valence-corrected chi connectivity index (χ3v) is 5.54. The molecule has 3 heterocycles. The van der Waals surface area contributed by atoms with Crippen molar-refractivity contribution in [3.8, 4) is 5.75 Å². The van der Waals surface area contributed by atoms with Crippen molar-refractivity contribution in [3.63, 3.8) is 0 Å². The van der Waals surface area contributed by atoms with Crippen molar-refractivity contribution in [1.29, 1.82) is 0 Å². The van der Waals surface area contributed by atoms with E-state index in [0.717, 1.165) is 17.9 Å². The van der Waals surface area contributed by atoms with Gasteiger partial charge in [-0.15, -0.1) is 0 Å². The number of hydrogen-bond donors (Lipinski definition) is 1. The number of fused-ring (bicyclic) bond motifs is 1. The number of hydrogen-bond acceptors (Lipinski definition) is 6. The first-order valence-corrected chi connectivity index (χ1v) is 10.7. The summed E-state index contributed by atoms with van der Waals surface area (Å²) in [5.74, 6) is 0.120. The fourth-order valence-corrected chi connectivity index (χ4v) is 3.73. The number of pyridine rings is 1. The van der Waals surface area contributed by atoms with Gasteiger partial charge in [-0.3, -0.25) is 4.79 Å². The first-order valence-electron chi connectivity index (χ1n) is 10.7. The van der Waals surface area contributed by atoms with Gasteiger partial charge in [0.15, 0.2) is 6.21 Å². The fraction of sp³-hybridized carbons (Fsp3) is 0.375. The van der Waals surface area contributed by atoms with Crippen molar-refractivity contribution >= 4 is 30.3 Å². The number of carbonyl (C=O) groups is 2. The molecule has 1 amide bonds. The average molecular weight is 453 g/mol. The van der Waals surface area contributed by atoms with Crippen molar-refractivity contribution in [3.05, 3.63) is 52.3 Å². The van der Waals surface area contributed by atoms with E-state index in [4.69, 9.17) is 9.47 Å². The highest BCUT2D eigenvalue weighted by molar-refractivity contribution is 6.03. The maximum atomic E-state index is 14.2.